The second-order valence-corrected chi connectivity index (χ2v) is 4.25. The van der Waals surface area contributed by atoms with Crippen molar-refractivity contribution in [1.29, 1.82) is 0 Å². The molecule has 1 saturated heterocycles. The molecule has 0 aliphatic carbocycles. The number of methoxy groups -OCH3 is 1. The van der Waals surface area contributed by atoms with E-state index in [1.54, 1.807) is 7.11 Å². The number of likely N-dealkylation sites (tertiary alicyclic amines) is 1. The van der Waals surface area contributed by atoms with Crippen LogP contribution in [0, 0.1) is 11.6 Å². The van der Waals surface area contributed by atoms with Gasteiger partial charge in [-0.05, 0) is 18.6 Å². The quantitative estimate of drug-likeness (QED) is 0.814. The molecule has 0 saturated carbocycles. The Morgan fingerprint density at radius 3 is 2.83 bits per heavy atom. The van der Waals surface area contributed by atoms with E-state index in [1.165, 1.54) is 4.90 Å². The van der Waals surface area contributed by atoms with Gasteiger partial charge in [-0.2, -0.15) is 0 Å². The van der Waals surface area contributed by atoms with Crippen LogP contribution in [0.4, 0.5) is 14.5 Å². The molecular weight excluding hydrogens is 242 g/mol. The molecule has 4 nitrogen and oxygen atoms in total. The SMILES string of the molecule is COC1CCN(C(=O)c2cc(F)cc(N)c2F)C1. The number of rotatable bonds is 2. The summed E-state index contributed by atoms with van der Waals surface area (Å²) in [6.07, 6.45) is 0.636. The number of hydrogen-bond donors (Lipinski definition) is 1. The number of nitrogens with two attached hydrogens (primary N) is 1. The summed E-state index contributed by atoms with van der Waals surface area (Å²) in [7, 11) is 1.55. The van der Waals surface area contributed by atoms with Crippen LogP contribution in [-0.4, -0.2) is 37.1 Å². The Hall–Kier alpha value is -1.69. The van der Waals surface area contributed by atoms with Crippen LogP contribution in [0.5, 0.6) is 0 Å². The molecule has 1 amide bonds. The van der Waals surface area contributed by atoms with Gasteiger partial charge in [-0.1, -0.05) is 0 Å². The van der Waals surface area contributed by atoms with Crippen molar-refractivity contribution in [3.8, 4) is 0 Å². The molecule has 2 rings (SSSR count). The summed E-state index contributed by atoms with van der Waals surface area (Å²) in [5, 5.41) is 0. The lowest BCUT2D eigenvalue weighted by Gasteiger charge is -2.17. The predicted octanol–water partition coefficient (Wildman–Crippen LogP) is 1.41. The molecule has 1 aromatic rings. The molecule has 0 bridgehead atoms. The maximum Gasteiger partial charge on any atom is 0.257 e. The van der Waals surface area contributed by atoms with Gasteiger partial charge in [-0.25, -0.2) is 8.78 Å². The van der Waals surface area contributed by atoms with Crippen LogP contribution in [0.3, 0.4) is 0 Å². The molecule has 1 fully saturated rings. The minimum atomic E-state index is -0.873. The average Bonchev–Trinajstić information content (AvgIpc) is 2.81. The molecule has 0 radical (unpaired) electrons. The van der Waals surface area contributed by atoms with Gasteiger partial charge in [0, 0.05) is 20.2 Å². The highest BCUT2D eigenvalue weighted by atomic mass is 19.1. The van der Waals surface area contributed by atoms with Gasteiger partial charge in [-0.3, -0.25) is 4.79 Å². The van der Waals surface area contributed by atoms with Crippen molar-refractivity contribution in [3.05, 3.63) is 29.3 Å². The van der Waals surface area contributed by atoms with Gasteiger partial charge in [0.05, 0.1) is 17.4 Å². The van der Waals surface area contributed by atoms with E-state index in [0.717, 1.165) is 12.1 Å². The molecule has 1 heterocycles. The third kappa shape index (κ3) is 2.28. The van der Waals surface area contributed by atoms with E-state index < -0.39 is 17.5 Å². The molecule has 1 unspecified atom stereocenters. The van der Waals surface area contributed by atoms with Crippen molar-refractivity contribution in [2.45, 2.75) is 12.5 Å². The maximum atomic E-state index is 13.7. The van der Waals surface area contributed by atoms with Crippen LogP contribution < -0.4 is 5.73 Å². The van der Waals surface area contributed by atoms with Crippen LogP contribution in [0.15, 0.2) is 12.1 Å². The van der Waals surface area contributed by atoms with Gasteiger partial charge in [0.15, 0.2) is 5.82 Å². The molecule has 0 spiro atoms. The lowest BCUT2D eigenvalue weighted by molar-refractivity contribution is 0.0719. The molecule has 18 heavy (non-hydrogen) atoms. The number of carbonyl (C=O) groups excluding carboxylic acids is 1. The van der Waals surface area contributed by atoms with Gasteiger partial charge >= 0.3 is 0 Å². The zero-order chi connectivity index (χ0) is 13.3. The number of carbonyl (C=O) groups is 1. The summed E-state index contributed by atoms with van der Waals surface area (Å²) < 4.78 is 32.0. The lowest BCUT2D eigenvalue weighted by atomic mass is 10.1. The second-order valence-electron chi connectivity index (χ2n) is 4.25. The first-order valence-electron chi connectivity index (χ1n) is 5.59. The standard InChI is InChI=1S/C12H14F2N2O2/c1-18-8-2-3-16(6-8)12(17)9-4-7(13)5-10(15)11(9)14/h4-5,8H,2-3,6,15H2,1H3. The van der Waals surface area contributed by atoms with Crippen molar-refractivity contribution in [2.24, 2.45) is 0 Å². The molecule has 1 aliphatic heterocycles. The topological polar surface area (TPSA) is 55.6 Å². The molecule has 1 aromatic carbocycles. The van der Waals surface area contributed by atoms with Gasteiger partial charge < -0.3 is 15.4 Å². The van der Waals surface area contributed by atoms with E-state index in [2.05, 4.69) is 0 Å². The number of ether oxygens (including phenoxy) is 1. The van der Waals surface area contributed by atoms with E-state index >= 15 is 0 Å². The third-order valence-electron chi connectivity index (χ3n) is 3.06. The normalized spacial score (nSPS) is 19.3. The first kappa shape index (κ1) is 12.8. The Morgan fingerprint density at radius 2 is 2.22 bits per heavy atom. The zero-order valence-corrected chi connectivity index (χ0v) is 9.95. The Kier molecular flexibility index (Phi) is 3.47. The summed E-state index contributed by atoms with van der Waals surface area (Å²) in [6, 6.07) is 1.72. The summed E-state index contributed by atoms with van der Waals surface area (Å²) in [6.45, 7) is 0.846. The van der Waals surface area contributed by atoms with Gasteiger partial charge in [0.1, 0.15) is 5.82 Å². The highest BCUT2D eigenvalue weighted by Gasteiger charge is 2.29. The Balaban J connectivity index is 2.24. The number of nitrogens with zero attached hydrogens (tertiary/aromatic N) is 1. The molecule has 98 valence electrons. The first-order valence-corrected chi connectivity index (χ1v) is 5.59. The number of nitrogen functional groups attached to an aromatic ring is 1. The predicted molar refractivity (Wildman–Crippen MR) is 62.1 cm³/mol. The summed E-state index contributed by atoms with van der Waals surface area (Å²) in [5.41, 5.74) is 4.61. The molecule has 2 N–H and O–H groups in total. The number of hydrogen-bond acceptors (Lipinski definition) is 3. The van der Waals surface area contributed by atoms with Crippen molar-refractivity contribution >= 4 is 11.6 Å². The van der Waals surface area contributed by atoms with Crippen LogP contribution in [0.25, 0.3) is 0 Å². The first-order chi connectivity index (χ1) is 8.52. The van der Waals surface area contributed by atoms with E-state index in [0.29, 0.717) is 19.5 Å². The van der Waals surface area contributed by atoms with E-state index in [9.17, 15) is 13.6 Å². The minimum Gasteiger partial charge on any atom is -0.396 e. The summed E-state index contributed by atoms with van der Waals surface area (Å²) in [4.78, 5) is 13.5. The maximum absolute atomic E-state index is 13.7. The monoisotopic (exact) mass is 256 g/mol. The lowest BCUT2D eigenvalue weighted by Crippen LogP contribution is -2.30. The molecule has 1 atom stereocenters. The van der Waals surface area contributed by atoms with Gasteiger partial charge in [0.2, 0.25) is 0 Å². The second kappa shape index (κ2) is 4.89. The number of anilines is 1. The van der Waals surface area contributed by atoms with Gasteiger partial charge in [-0.15, -0.1) is 0 Å². The van der Waals surface area contributed by atoms with E-state index in [-0.39, 0.29) is 17.4 Å². The molecular formula is C12H14F2N2O2. The largest absolute Gasteiger partial charge is 0.396 e. The Bertz CT molecular complexity index is 479. The Labute approximate surface area is 103 Å². The summed E-state index contributed by atoms with van der Waals surface area (Å²) in [5.74, 6) is -2.15. The van der Waals surface area contributed by atoms with Crippen molar-refractivity contribution < 1.29 is 18.3 Å². The fraction of sp³-hybridized carbons (Fsp3) is 0.417. The molecule has 0 aromatic heterocycles. The van der Waals surface area contributed by atoms with Crippen molar-refractivity contribution in [2.75, 3.05) is 25.9 Å². The number of benzene rings is 1. The third-order valence-corrected chi connectivity index (χ3v) is 3.06. The summed E-state index contributed by atoms with van der Waals surface area (Å²) >= 11 is 0. The Morgan fingerprint density at radius 1 is 1.50 bits per heavy atom. The van der Waals surface area contributed by atoms with Crippen LogP contribution in [0.2, 0.25) is 0 Å². The van der Waals surface area contributed by atoms with Crippen molar-refractivity contribution in [3.63, 3.8) is 0 Å². The van der Waals surface area contributed by atoms with Crippen LogP contribution in [-0.2, 0) is 4.74 Å². The fourth-order valence-electron chi connectivity index (χ4n) is 2.04. The van der Waals surface area contributed by atoms with E-state index in [1.807, 2.05) is 0 Å². The highest BCUT2D eigenvalue weighted by Crippen LogP contribution is 2.21. The zero-order valence-electron chi connectivity index (χ0n) is 9.95. The van der Waals surface area contributed by atoms with Gasteiger partial charge in [0.25, 0.3) is 5.91 Å². The molecule has 6 heteroatoms. The van der Waals surface area contributed by atoms with E-state index in [4.69, 9.17) is 10.5 Å². The fourth-order valence-corrected chi connectivity index (χ4v) is 2.04. The van der Waals surface area contributed by atoms with Crippen LogP contribution in [0.1, 0.15) is 16.8 Å². The highest BCUT2D eigenvalue weighted by molar-refractivity contribution is 5.95. The smallest absolute Gasteiger partial charge is 0.257 e. The molecule has 1 aliphatic rings. The number of amides is 1. The minimum absolute atomic E-state index is 0.0529. The average molecular weight is 256 g/mol. The van der Waals surface area contributed by atoms with Crippen LogP contribution >= 0.6 is 0 Å². The number of halogens is 2. The van der Waals surface area contributed by atoms with Crippen molar-refractivity contribution in [1.82, 2.24) is 4.90 Å².